The molecule has 0 spiro atoms. The van der Waals surface area contributed by atoms with Crippen molar-refractivity contribution in [2.45, 2.75) is 33.6 Å². The molecule has 0 fully saturated rings. The van der Waals surface area contributed by atoms with E-state index in [1.54, 1.807) is 19.1 Å². The minimum Gasteiger partial charge on any atom is -0.0622 e. The number of benzene rings is 10. The van der Waals surface area contributed by atoms with Crippen molar-refractivity contribution in [1.82, 2.24) is 0 Å². The first-order valence-corrected chi connectivity index (χ1v) is 33.6. The Morgan fingerprint density at radius 1 is 0.411 bits per heavy atom. The molecule has 0 saturated heterocycles. The maximum Gasteiger partial charge on any atom is -0.0134 e. The van der Waals surface area contributed by atoms with Gasteiger partial charge in [-0.15, -0.1) is 0 Å². The Balaban J connectivity index is 0.000000240. The normalized spacial score (nSPS) is 10.6. The van der Waals surface area contributed by atoms with Crippen LogP contribution in [0.1, 0.15) is 32.4 Å². The molecule has 0 aromatic heterocycles. The Morgan fingerprint density at radius 2 is 0.678 bits per heavy atom. The summed E-state index contributed by atoms with van der Waals surface area (Å²) in [4.78, 5) is 0. The molecule has 10 aromatic carbocycles. The zero-order valence-electron chi connectivity index (χ0n) is 46.6. The average molecular weight is 1480 g/mol. The van der Waals surface area contributed by atoms with Crippen molar-refractivity contribution < 1.29 is 87.8 Å². The predicted octanol–water partition coefficient (Wildman–Crippen LogP) is 19.0. The molecule has 1 N–H and O–H groups in total. The SMILES string of the molecule is C.CCOc1ccc(-c2cc(F)c(C(F)(F)F)c(F)c2)c(F)c1.CCOc1ccc(Br)c(F)c1.O[B]Oc1cc(F)c(C(F)(F)F)c(F)c1.[Cl][Pd][Cl].c1ccc(P(c2ccccc2)c2ccccc2)cc1.c1ccc(P(c2ccccc2)c2ccccc2)cc1. The van der Waals surface area contributed by atoms with E-state index in [2.05, 4.69) is 203 Å². The van der Waals surface area contributed by atoms with Crippen molar-refractivity contribution in [2.75, 3.05) is 13.2 Å². The molecule has 10 aromatic rings. The van der Waals surface area contributed by atoms with Gasteiger partial charge in [-0.3, -0.25) is 0 Å². The molecule has 23 heteroatoms. The molecule has 1 radical (unpaired) electrons. The van der Waals surface area contributed by atoms with E-state index in [1.807, 2.05) is 6.92 Å². The van der Waals surface area contributed by atoms with Crippen LogP contribution in [0.5, 0.6) is 17.2 Å². The van der Waals surface area contributed by atoms with Gasteiger partial charge in [0.05, 0.1) is 17.7 Å². The number of hydrogen-bond acceptors (Lipinski definition) is 4. The van der Waals surface area contributed by atoms with Crippen LogP contribution >= 0.6 is 50.8 Å². The molecule has 4 nitrogen and oxygen atoms in total. The van der Waals surface area contributed by atoms with Crippen molar-refractivity contribution >= 4 is 90.3 Å². The summed E-state index contributed by atoms with van der Waals surface area (Å²) in [6.07, 6.45) is -10.3. The topological polar surface area (TPSA) is 47.9 Å². The summed E-state index contributed by atoms with van der Waals surface area (Å²) in [5, 5.41) is 16.5. The minimum atomic E-state index is -5.16. The van der Waals surface area contributed by atoms with E-state index in [0.29, 0.717) is 47.7 Å². The zero-order chi connectivity index (χ0) is 64.9. The smallest absolute Gasteiger partial charge is 0.0134 e. The third-order valence-electron chi connectivity index (χ3n) is 11.7. The van der Waals surface area contributed by atoms with E-state index in [-0.39, 0.29) is 53.7 Å². The van der Waals surface area contributed by atoms with E-state index >= 15 is 0 Å². The van der Waals surface area contributed by atoms with Crippen molar-refractivity contribution in [3.05, 3.63) is 293 Å². The van der Waals surface area contributed by atoms with Gasteiger partial charge in [0.1, 0.15) is 63.3 Å². The van der Waals surface area contributed by atoms with Gasteiger partial charge in [0.15, 0.2) is 0 Å². The van der Waals surface area contributed by atoms with E-state index in [0.717, 1.165) is 6.07 Å². The van der Waals surface area contributed by atoms with Crippen molar-refractivity contribution in [3.8, 4) is 28.4 Å². The second-order valence-electron chi connectivity index (χ2n) is 17.6. The zero-order valence-corrected chi connectivity index (χ0v) is 53.1. The first-order chi connectivity index (χ1) is 42.6. The van der Waals surface area contributed by atoms with Gasteiger partial charge in [-0.1, -0.05) is 189 Å². The fourth-order valence-electron chi connectivity index (χ4n) is 8.03. The number of rotatable bonds is 13. The van der Waals surface area contributed by atoms with Gasteiger partial charge in [-0.05, 0) is 119 Å². The fourth-order valence-corrected chi connectivity index (χ4v) is 12.9. The summed E-state index contributed by atoms with van der Waals surface area (Å²) in [6, 6.07) is 74.4. The molecule has 90 heavy (non-hydrogen) atoms. The van der Waals surface area contributed by atoms with Crippen LogP contribution in [0.25, 0.3) is 11.1 Å². The van der Waals surface area contributed by atoms with Crippen LogP contribution in [0.15, 0.2) is 247 Å². The van der Waals surface area contributed by atoms with Gasteiger partial charge in [0.2, 0.25) is 0 Å². The van der Waals surface area contributed by atoms with E-state index in [1.165, 1.54) is 50.0 Å². The molecule has 0 aliphatic carbocycles. The maximum absolute atomic E-state index is 13.9. The summed E-state index contributed by atoms with van der Waals surface area (Å²) in [7, 11) is 8.83. The summed E-state index contributed by atoms with van der Waals surface area (Å²) >= 11 is 2.94. The Hall–Kier alpha value is -6.63. The predicted molar refractivity (Wildman–Crippen MR) is 342 cm³/mol. The number of halogens is 15. The van der Waals surface area contributed by atoms with Gasteiger partial charge in [0, 0.05) is 29.8 Å². The third kappa shape index (κ3) is 23.9. The van der Waals surface area contributed by atoms with Crippen LogP contribution in [0.3, 0.4) is 0 Å². The maximum atomic E-state index is 13.9. The molecule has 10 rings (SSSR count). The molecule has 0 atom stereocenters. The number of hydrogen-bond donors (Lipinski definition) is 1. The van der Waals surface area contributed by atoms with Gasteiger partial charge in [0.25, 0.3) is 0 Å². The Labute approximate surface area is 542 Å². The van der Waals surface area contributed by atoms with Crippen LogP contribution in [-0.2, 0) is 28.3 Å². The average Bonchev–Trinajstić information content (AvgIpc) is 1.10. The summed E-state index contributed by atoms with van der Waals surface area (Å²) in [5.74, 6) is -8.16. The molecule has 0 amide bonds. The molecule has 0 bridgehead atoms. The van der Waals surface area contributed by atoms with Gasteiger partial charge in [-0.2, -0.15) is 26.3 Å². The van der Waals surface area contributed by atoms with Crippen molar-refractivity contribution in [3.63, 3.8) is 0 Å². The van der Waals surface area contributed by atoms with Crippen LogP contribution < -0.4 is 46.0 Å². The molecular formula is C67H55BBrCl2F12O4P2Pd. The van der Waals surface area contributed by atoms with Gasteiger partial charge < -0.3 is 19.2 Å². The van der Waals surface area contributed by atoms with Gasteiger partial charge >= 0.3 is 55.0 Å². The van der Waals surface area contributed by atoms with Crippen molar-refractivity contribution in [1.29, 1.82) is 0 Å². The first-order valence-electron chi connectivity index (χ1n) is 26.1. The summed E-state index contributed by atoms with van der Waals surface area (Å²) in [6.45, 7) is 4.40. The summed E-state index contributed by atoms with van der Waals surface area (Å²) < 4.78 is 168. The monoisotopic (exact) mass is 1480 g/mol. The third-order valence-corrected chi connectivity index (χ3v) is 17.2. The molecule has 0 saturated carbocycles. The standard InChI is InChI=1S/2C18H15P.C15H10F6O.C8H8BrFO.C7H3BF5O2.CH4.2ClH.Pd/c2*1-4-10-16(11-5-1)19(17-12-6-2-7-13-17)18-14-8-3-9-15-18;1-2-22-9-3-4-10(11(16)7-9)8-5-12(17)14(13(18)6-8)15(19,20)21;1-2-11-6-3-4-7(9)8(10)5-6;9-4-1-3(15-8-14)2-5(10)6(4)7(11,12)13;;;;/h2*1-15H;3-7H,2H2,1H3;3-5H,2H2,1H3;1-2,14H;1H4;2*1H;/q;;;;;;;;+2/p-2. The Bertz CT molecular complexity index is 3350. The Morgan fingerprint density at radius 3 is 0.933 bits per heavy atom. The first kappa shape index (κ1) is 75.8. The van der Waals surface area contributed by atoms with Gasteiger partial charge in [-0.25, -0.2) is 26.3 Å². The molecule has 475 valence electrons. The Kier molecular flexibility index (Phi) is 32.8. The van der Waals surface area contributed by atoms with E-state index in [9.17, 15) is 52.7 Å². The van der Waals surface area contributed by atoms with Crippen molar-refractivity contribution in [2.24, 2.45) is 0 Å². The van der Waals surface area contributed by atoms with Crippen LogP contribution in [0.2, 0.25) is 0 Å². The molecule has 0 unspecified atom stereocenters. The summed E-state index contributed by atoms with van der Waals surface area (Å²) in [5.41, 5.74) is -4.55. The molecule has 0 aliphatic rings. The van der Waals surface area contributed by atoms with Crippen LogP contribution in [0, 0.1) is 34.9 Å². The van der Waals surface area contributed by atoms with E-state index in [4.69, 9.17) is 33.6 Å². The number of ether oxygens (including phenoxy) is 2. The molecular weight excluding hydrogens is 1430 g/mol. The largest absolute Gasteiger partial charge is 0.0622 e. The quantitative estimate of drug-likeness (QED) is 0.0710. The molecule has 0 aliphatic heterocycles. The van der Waals surface area contributed by atoms with Crippen LogP contribution in [-0.4, -0.2) is 25.9 Å². The minimum absolute atomic E-state index is 0. The number of alkyl halides is 6. The second kappa shape index (κ2) is 38.9. The fraction of sp³-hybridized carbons (Fsp3) is 0.104. The second-order valence-corrected chi connectivity index (χ2v) is 25.3. The van der Waals surface area contributed by atoms with Crippen LogP contribution in [0.4, 0.5) is 52.7 Å². The van der Waals surface area contributed by atoms with E-state index < -0.39 is 74.2 Å². The molecule has 0 heterocycles.